The molecule has 19 heavy (non-hydrogen) atoms. The Labute approximate surface area is 113 Å². The molecule has 0 spiro atoms. The molecule has 0 saturated heterocycles. The molecule has 0 bridgehead atoms. The average molecular weight is 272 g/mol. The first-order valence-corrected chi connectivity index (χ1v) is 6.69. The molecule has 3 rings (SSSR count). The fourth-order valence-electron chi connectivity index (χ4n) is 1.88. The van der Waals surface area contributed by atoms with Gasteiger partial charge in [-0.2, -0.15) is 0 Å². The minimum absolute atomic E-state index is 0.165. The Balaban J connectivity index is 1.76. The zero-order valence-corrected chi connectivity index (χ0v) is 11.1. The van der Waals surface area contributed by atoms with E-state index in [9.17, 15) is 4.79 Å². The lowest BCUT2D eigenvalue weighted by molar-refractivity contribution is 0.0946. The molecule has 3 aromatic rings. The van der Waals surface area contributed by atoms with Crippen molar-refractivity contribution in [1.82, 2.24) is 19.9 Å². The van der Waals surface area contributed by atoms with Crippen LogP contribution in [0.5, 0.6) is 0 Å². The first-order chi connectivity index (χ1) is 9.24. The summed E-state index contributed by atoms with van der Waals surface area (Å²) in [5.74, 6) is -0.165. The highest BCUT2D eigenvalue weighted by molar-refractivity contribution is 7.16. The largest absolute Gasteiger partial charge is 0.347 e. The molecule has 0 atom stereocenters. The Kier molecular flexibility index (Phi) is 3.00. The number of nitrogens with one attached hydrogen (secondary N) is 1. The highest BCUT2D eigenvalue weighted by Gasteiger charge is 2.09. The maximum atomic E-state index is 11.9. The second-order valence-electron chi connectivity index (χ2n) is 4.22. The molecule has 6 heteroatoms. The van der Waals surface area contributed by atoms with Gasteiger partial charge in [0.2, 0.25) is 0 Å². The maximum absolute atomic E-state index is 11.9. The molecule has 0 fully saturated rings. The number of aromatic nitrogens is 3. The van der Waals surface area contributed by atoms with Crippen LogP contribution in [0.25, 0.3) is 10.2 Å². The topological polar surface area (TPSA) is 59.8 Å². The van der Waals surface area contributed by atoms with Crippen LogP contribution in [0.15, 0.2) is 36.2 Å². The van der Waals surface area contributed by atoms with Crippen molar-refractivity contribution in [3.63, 3.8) is 0 Å². The van der Waals surface area contributed by atoms with E-state index >= 15 is 0 Å². The summed E-state index contributed by atoms with van der Waals surface area (Å²) < 4.78 is 2.86. The van der Waals surface area contributed by atoms with Gasteiger partial charge in [-0.25, -0.2) is 9.97 Å². The summed E-state index contributed by atoms with van der Waals surface area (Å²) in [5.41, 5.74) is 4.28. The van der Waals surface area contributed by atoms with Gasteiger partial charge in [-0.15, -0.1) is 11.3 Å². The van der Waals surface area contributed by atoms with Crippen molar-refractivity contribution in [3.05, 3.63) is 47.5 Å². The van der Waals surface area contributed by atoms with Gasteiger partial charge in [-0.1, -0.05) is 12.1 Å². The summed E-state index contributed by atoms with van der Waals surface area (Å²) in [6.07, 6.45) is 3.31. The predicted octanol–water partition coefficient (Wildman–Crippen LogP) is 1.96. The van der Waals surface area contributed by atoms with Gasteiger partial charge in [-0.05, 0) is 11.6 Å². The van der Waals surface area contributed by atoms with E-state index in [-0.39, 0.29) is 5.91 Å². The lowest BCUT2D eigenvalue weighted by Gasteiger charge is -2.04. The van der Waals surface area contributed by atoms with Gasteiger partial charge < -0.3 is 9.88 Å². The second-order valence-corrected chi connectivity index (χ2v) is 5.08. The van der Waals surface area contributed by atoms with Crippen molar-refractivity contribution in [2.45, 2.75) is 6.54 Å². The van der Waals surface area contributed by atoms with Gasteiger partial charge in [-0.3, -0.25) is 4.79 Å². The van der Waals surface area contributed by atoms with Gasteiger partial charge >= 0.3 is 0 Å². The Bertz CT molecular complexity index is 731. The number of carbonyl (C=O) groups is 1. The zero-order valence-electron chi connectivity index (χ0n) is 10.3. The van der Waals surface area contributed by atoms with Crippen LogP contribution in [0, 0.1) is 0 Å². The van der Waals surface area contributed by atoms with Crippen molar-refractivity contribution < 1.29 is 4.79 Å². The number of amides is 1. The van der Waals surface area contributed by atoms with Crippen LogP contribution < -0.4 is 5.32 Å². The van der Waals surface area contributed by atoms with E-state index in [0.29, 0.717) is 12.2 Å². The fourth-order valence-corrected chi connectivity index (χ4v) is 2.68. The normalized spacial score (nSPS) is 10.8. The standard InChI is InChI=1S/C13H12N4OS/c1-17-6-11(15-7-17)13(18)14-5-9-3-2-4-10-12(9)19-8-16-10/h2-4,6-8H,5H2,1H3,(H,14,18). The predicted molar refractivity (Wildman–Crippen MR) is 74.0 cm³/mol. The number of rotatable bonds is 3. The van der Waals surface area contributed by atoms with Crippen LogP contribution in [-0.4, -0.2) is 20.4 Å². The molecular formula is C13H12N4OS. The highest BCUT2D eigenvalue weighted by atomic mass is 32.1. The minimum atomic E-state index is -0.165. The van der Waals surface area contributed by atoms with E-state index in [2.05, 4.69) is 15.3 Å². The van der Waals surface area contributed by atoms with Gasteiger partial charge in [0.25, 0.3) is 5.91 Å². The summed E-state index contributed by atoms with van der Waals surface area (Å²) >= 11 is 1.58. The van der Waals surface area contributed by atoms with E-state index in [0.717, 1.165) is 15.8 Å². The number of thiazole rings is 1. The van der Waals surface area contributed by atoms with Gasteiger partial charge in [0.15, 0.2) is 0 Å². The number of nitrogens with zero attached hydrogens (tertiary/aromatic N) is 3. The molecule has 2 heterocycles. The van der Waals surface area contributed by atoms with Gasteiger partial charge in [0.05, 0.1) is 22.1 Å². The lowest BCUT2D eigenvalue weighted by atomic mass is 10.2. The highest BCUT2D eigenvalue weighted by Crippen LogP contribution is 2.21. The van der Waals surface area contributed by atoms with E-state index in [4.69, 9.17) is 0 Å². The van der Waals surface area contributed by atoms with Gasteiger partial charge in [0.1, 0.15) is 5.69 Å². The molecule has 0 aliphatic heterocycles. The van der Waals surface area contributed by atoms with Crippen LogP contribution in [0.2, 0.25) is 0 Å². The minimum Gasteiger partial charge on any atom is -0.347 e. The molecule has 1 N–H and O–H groups in total. The fraction of sp³-hybridized carbons (Fsp3) is 0.154. The lowest BCUT2D eigenvalue weighted by Crippen LogP contribution is -2.23. The van der Waals surface area contributed by atoms with Crippen molar-refractivity contribution in [1.29, 1.82) is 0 Å². The second kappa shape index (κ2) is 4.81. The van der Waals surface area contributed by atoms with Crippen LogP contribution in [0.3, 0.4) is 0 Å². The number of imidazole rings is 1. The number of fused-ring (bicyclic) bond motifs is 1. The van der Waals surface area contributed by atoms with E-state index in [1.807, 2.05) is 30.8 Å². The summed E-state index contributed by atoms with van der Waals surface area (Å²) in [4.78, 5) is 20.2. The molecule has 2 aromatic heterocycles. The Hall–Kier alpha value is -2.21. The zero-order chi connectivity index (χ0) is 13.2. The van der Waals surface area contributed by atoms with E-state index in [1.54, 1.807) is 28.4 Å². The van der Waals surface area contributed by atoms with Crippen molar-refractivity contribution in [3.8, 4) is 0 Å². The molecule has 0 unspecified atom stereocenters. The maximum Gasteiger partial charge on any atom is 0.271 e. The Morgan fingerprint density at radius 1 is 1.42 bits per heavy atom. The first-order valence-electron chi connectivity index (χ1n) is 5.81. The van der Waals surface area contributed by atoms with Crippen molar-refractivity contribution >= 4 is 27.5 Å². The molecular weight excluding hydrogens is 260 g/mol. The Morgan fingerprint density at radius 3 is 3.11 bits per heavy atom. The summed E-state index contributed by atoms with van der Waals surface area (Å²) in [6.45, 7) is 0.481. The number of hydrogen-bond donors (Lipinski definition) is 1. The van der Waals surface area contributed by atoms with Crippen molar-refractivity contribution in [2.75, 3.05) is 0 Å². The number of hydrogen-bond acceptors (Lipinski definition) is 4. The summed E-state index contributed by atoms with van der Waals surface area (Å²) in [7, 11) is 1.84. The molecule has 1 amide bonds. The average Bonchev–Trinajstić information content (AvgIpc) is 3.04. The molecule has 0 radical (unpaired) electrons. The Morgan fingerprint density at radius 2 is 2.32 bits per heavy atom. The molecule has 5 nitrogen and oxygen atoms in total. The van der Waals surface area contributed by atoms with E-state index in [1.165, 1.54) is 0 Å². The number of benzene rings is 1. The number of carbonyl (C=O) groups excluding carboxylic acids is 1. The van der Waals surface area contributed by atoms with Crippen LogP contribution in [-0.2, 0) is 13.6 Å². The van der Waals surface area contributed by atoms with Gasteiger partial charge in [0, 0.05) is 19.8 Å². The summed E-state index contributed by atoms with van der Waals surface area (Å²) in [6, 6.07) is 5.92. The molecule has 1 aromatic carbocycles. The SMILES string of the molecule is Cn1cnc(C(=O)NCc2cccc3ncsc23)c1. The monoisotopic (exact) mass is 272 g/mol. The third-order valence-electron chi connectivity index (χ3n) is 2.82. The van der Waals surface area contributed by atoms with Crippen LogP contribution in [0.1, 0.15) is 16.1 Å². The number of aryl methyl sites for hydroxylation is 1. The first kappa shape index (κ1) is 11.9. The molecule has 0 aliphatic carbocycles. The molecule has 96 valence electrons. The van der Waals surface area contributed by atoms with Crippen LogP contribution >= 0.6 is 11.3 Å². The van der Waals surface area contributed by atoms with Crippen molar-refractivity contribution in [2.24, 2.45) is 7.05 Å². The third-order valence-corrected chi connectivity index (χ3v) is 3.73. The van der Waals surface area contributed by atoms with E-state index < -0.39 is 0 Å². The molecule has 0 saturated carbocycles. The smallest absolute Gasteiger partial charge is 0.271 e. The quantitative estimate of drug-likeness (QED) is 0.793. The molecule has 0 aliphatic rings. The van der Waals surface area contributed by atoms with Crippen LogP contribution in [0.4, 0.5) is 0 Å². The third kappa shape index (κ3) is 2.34. The summed E-state index contributed by atoms with van der Waals surface area (Å²) in [5, 5.41) is 2.87.